The van der Waals surface area contributed by atoms with Gasteiger partial charge < -0.3 is 15.4 Å². The van der Waals surface area contributed by atoms with E-state index >= 15 is 0 Å². The Labute approximate surface area is 144 Å². The summed E-state index contributed by atoms with van der Waals surface area (Å²) in [6.07, 6.45) is 1.62. The maximum Gasteiger partial charge on any atom is 0.314 e. The molecule has 0 aliphatic carbocycles. The first-order valence-electron chi connectivity index (χ1n) is 8.40. The first kappa shape index (κ1) is 17.9. The van der Waals surface area contributed by atoms with Gasteiger partial charge in [0.2, 0.25) is 0 Å². The van der Waals surface area contributed by atoms with Crippen molar-refractivity contribution in [2.75, 3.05) is 19.7 Å². The largest absolute Gasteiger partial charge is 0.494 e. The molecule has 0 saturated carbocycles. The van der Waals surface area contributed by atoms with Gasteiger partial charge in [0.15, 0.2) is 0 Å². The van der Waals surface area contributed by atoms with E-state index in [0.29, 0.717) is 19.7 Å². The van der Waals surface area contributed by atoms with E-state index in [9.17, 15) is 4.79 Å². The highest BCUT2D eigenvalue weighted by molar-refractivity contribution is 5.73. The number of benzene rings is 2. The van der Waals surface area contributed by atoms with Gasteiger partial charge in [-0.3, -0.25) is 0 Å². The lowest BCUT2D eigenvalue weighted by molar-refractivity contribution is 0.239. The van der Waals surface area contributed by atoms with Gasteiger partial charge in [-0.25, -0.2) is 4.79 Å². The Morgan fingerprint density at radius 1 is 0.958 bits per heavy atom. The van der Waals surface area contributed by atoms with Gasteiger partial charge in [0.05, 0.1) is 6.61 Å². The molecular weight excluding hydrogens is 300 g/mol. The summed E-state index contributed by atoms with van der Waals surface area (Å²) in [7, 11) is 0. The number of rotatable bonds is 8. The average molecular weight is 326 g/mol. The van der Waals surface area contributed by atoms with Crippen LogP contribution < -0.4 is 15.4 Å². The molecule has 0 unspecified atom stereocenters. The molecule has 2 rings (SSSR count). The zero-order valence-corrected chi connectivity index (χ0v) is 14.5. The number of nitrogens with one attached hydrogen (secondary N) is 2. The maximum absolute atomic E-state index is 11.7. The lowest BCUT2D eigenvalue weighted by Gasteiger charge is -2.09. The number of ether oxygens (including phenoxy) is 1. The summed E-state index contributed by atoms with van der Waals surface area (Å²) in [4.78, 5) is 11.7. The Hall–Kier alpha value is -2.49. The van der Waals surface area contributed by atoms with Crippen molar-refractivity contribution < 1.29 is 9.53 Å². The molecule has 2 aromatic rings. The van der Waals surface area contributed by atoms with E-state index in [-0.39, 0.29) is 6.03 Å². The van der Waals surface area contributed by atoms with Gasteiger partial charge in [0, 0.05) is 13.1 Å². The second-order valence-corrected chi connectivity index (χ2v) is 5.94. The Morgan fingerprint density at radius 2 is 1.71 bits per heavy atom. The molecule has 0 spiro atoms. The molecule has 0 aliphatic rings. The topological polar surface area (TPSA) is 50.4 Å². The number of hydrogen-bond donors (Lipinski definition) is 2. The molecule has 0 heterocycles. The van der Waals surface area contributed by atoms with Gasteiger partial charge in [-0.15, -0.1) is 0 Å². The lowest BCUT2D eigenvalue weighted by Crippen LogP contribution is -2.37. The minimum atomic E-state index is -0.127. The third kappa shape index (κ3) is 6.73. The van der Waals surface area contributed by atoms with Crippen LogP contribution in [0.1, 0.15) is 23.1 Å². The zero-order valence-electron chi connectivity index (χ0n) is 14.5. The number of aryl methyl sites for hydroxylation is 2. The van der Waals surface area contributed by atoms with Crippen molar-refractivity contribution in [2.45, 2.75) is 26.7 Å². The van der Waals surface area contributed by atoms with Crippen molar-refractivity contribution in [3.8, 4) is 5.75 Å². The quantitative estimate of drug-likeness (QED) is 0.728. The minimum Gasteiger partial charge on any atom is -0.494 e. The summed E-state index contributed by atoms with van der Waals surface area (Å²) < 4.78 is 5.62. The van der Waals surface area contributed by atoms with Crippen molar-refractivity contribution in [1.82, 2.24) is 10.6 Å². The number of carbonyl (C=O) groups excluding carboxylic acids is 1. The number of hydrogen-bond acceptors (Lipinski definition) is 2. The van der Waals surface area contributed by atoms with Crippen LogP contribution in [-0.4, -0.2) is 25.7 Å². The van der Waals surface area contributed by atoms with E-state index in [2.05, 4.69) is 35.8 Å². The molecule has 0 radical (unpaired) electrons. The molecule has 4 nitrogen and oxygen atoms in total. The average Bonchev–Trinajstić information content (AvgIpc) is 2.56. The normalized spacial score (nSPS) is 10.2. The molecule has 0 atom stereocenters. The number of amides is 2. The van der Waals surface area contributed by atoms with Crippen LogP contribution in [0.2, 0.25) is 0 Å². The third-order valence-corrected chi connectivity index (χ3v) is 3.68. The highest BCUT2D eigenvalue weighted by Gasteiger charge is 2.00. The van der Waals surface area contributed by atoms with Crippen LogP contribution in [0, 0.1) is 13.8 Å². The molecular formula is C20H26N2O2. The van der Waals surface area contributed by atoms with Gasteiger partial charge in [-0.2, -0.15) is 0 Å². The van der Waals surface area contributed by atoms with Crippen molar-refractivity contribution in [2.24, 2.45) is 0 Å². The molecule has 2 aromatic carbocycles. The molecule has 4 heteroatoms. The maximum atomic E-state index is 11.7. The lowest BCUT2D eigenvalue weighted by atomic mass is 10.1. The van der Waals surface area contributed by atoms with Gasteiger partial charge in [0.1, 0.15) is 5.75 Å². The van der Waals surface area contributed by atoms with E-state index in [1.165, 1.54) is 16.7 Å². The predicted molar refractivity (Wildman–Crippen MR) is 97.6 cm³/mol. The fraction of sp³-hybridized carbons (Fsp3) is 0.350. The van der Waals surface area contributed by atoms with E-state index in [1.54, 1.807) is 0 Å². The van der Waals surface area contributed by atoms with Gasteiger partial charge in [-0.05, 0) is 44.4 Å². The van der Waals surface area contributed by atoms with Crippen molar-refractivity contribution in [3.05, 3.63) is 65.2 Å². The van der Waals surface area contributed by atoms with Crippen LogP contribution in [0.5, 0.6) is 5.75 Å². The summed E-state index contributed by atoms with van der Waals surface area (Å²) in [6.45, 7) is 5.94. The molecule has 0 saturated heterocycles. The Kier molecular flexibility index (Phi) is 7.15. The van der Waals surface area contributed by atoms with Crippen molar-refractivity contribution >= 4 is 6.03 Å². The van der Waals surface area contributed by atoms with E-state index in [4.69, 9.17) is 4.74 Å². The van der Waals surface area contributed by atoms with Crippen LogP contribution >= 0.6 is 0 Å². The molecule has 0 fully saturated rings. The van der Waals surface area contributed by atoms with E-state index < -0.39 is 0 Å². The standard InChI is InChI=1S/C20H26N2O2/c1-16-7-9-19(10-8-16)24-14-4-12-21-20(23)22-13-11-18-6-3-5-17(2)15-18/h3,5-10,15H,4,11-14H2,1-2H3,(H2,21,22,23). The van der Waals surface area contributed by atoms with Crippen molar-refractivity contribution in [3.63, 3.8) is 0 Å². The van der Waals surface area contributed by atoms with Crippen LogP contribution in [0.15, 0.2) is 48.5 Å². The SMILES string of the molecule is Cc1ccc(OCCCNC(=O)NCCc2cccc(C)c2)cc1. The summed E-state index contributed by atoms with van der Waals surface area (Å²) in [6, 6.07) is 16.2. The molecule has 0 bridgehead atoms. The number of carbonyl (C=O) groups is 1. The fourth-order valence-electron chi connectivity index (χ4n) is 2.35. The van der Waals surface area contributed by atoms with Gasteiger partial charge >= 0.3 is 6.03 Å². The molecule has 0 aromatic heterocycles. The second-order valence-electron chi connectivity index (χ2n) is 5.94. The smallest absolute Gasteiger partial charge is 0.314 e. The highest BCUT2D eigenvalue weighted by atomic mass is 16.5. The molecule has 24 heavy (non-hydrogen) atoms. The molecule has 0 aliphatic heterocycles. The van der Waals surface area contributed by atoms with Crippen LogP contribution in [0.3, 0.4) is 0 Å². The Bertz CT molecular complexity index is 638. The first-order valence-corrected chi connectivity index (χ1v) is 8.40. The van der Waals surface area contributed by atoms with Crippen molar-refractivity contribution in [1.29, 1.82) is 0 Å². The third-order valence-electron chi connectivity index (χ3n) is 3.68. The first-order chi connectivity index (χ1) is 11.6. The zero-order chi connectivity index (χ0) is 17.2. The van der Waals surface area contributed by atoms with Gasteiger partial charge in [-0.1, -0.05) is 47.5 Å². The van der Waals surface area contributed by atoms with Crippen LogP contribution in [0.25, 0.3) is 0 Å². The van der Waals surface area contributed by atoms with E-state index in [1.807, 2.05) is 37.3 Å². The summed E-state index contributed by atoms with van der Waals surface area (Å²) in [5.41, 5.74) is 3.69. The Balaban J connectivity index is 1.52. The summed E-state index contributed by atoms with van der Waals surface area (Å²) in [5, 5.41) is 5.72. The molecule has 2 N–H and O–H groups in total. The second kappa shape index (κ2) is 9.60. The monoisotopic (exact) mass is 326 g/mol. The van der Waals surface area contributed by atoms with Crippen LogP contribution in [0.4, 0.5) is 4.79 Å². The summed E-state index contributed by atoms with van der Waals surface area (Å²) in [5.74, 6) is 0.864. The highest BCUT2D eigenvalue weighted by Crippen LogP contribution is 2.11. The fourth-order valence-corrected chi connectivity index (χ4v) is 2.35. The Morgan fingerprint density at radius 3 is 2.46 bits per heavy atom. The number of urea groups is 1. The molecule has 2 amide bonds. The van der Waals surface area contributed by atoms with E-state index in [0.717, 1.165) is 18.6 Å². The van der Waals surface area contributed by atoms with Crippen LogP contribution in [-0.2, 0) is 6.42 Å². The predicted octanol–water partition coefficient (Wildman–Crippen LogP) is 3.61. The summed E-state index contributed by atoms with van der Waals surface area (Å²) >= 11 is 0. The minimum absolute atomic E-state index is 0.127. The molecule has 128 valence electrons. The van der Waals surface area contributed by atoms with Gasteiger partial charge in [0.25, 0.3) is 0 Å².